The van der Waals surface area contributed by atoms with Gasteiger partial charge in [-0.3, -0.25) is 9.59 Å². The second-order valence-electron chi connectivity index (χ2n) is 7.85. The Hall–Kier alpha value is -2.62. The normalized spacial score (nSPS) is 16.6. The topological polar surface area (TPSA) is 49.4 Å². The summed E-state index contributed by atoms with van der Waals surface area (Å²) in [5.41, 5.74) is 4.20. The van der Waals surface area contributed by atoms with Crippen molar-refractivity contribution >= 4 is 11.8 Å². The van der Waals surface area contributed by atoms with Gasteiger partial charge in [0, 0.05) is 25.2 Å². The molecule has 0 spiro atoms. The lowest BCUT2D eigenvalue weighted by molar-refractivity contribution is -0.126. The van der Waals surface area contributed by atoms with E-state index in [2.05, 4.69) is 23.5 Å². The van der Waals surface area contributed by atoms with Crippen molar-refractivity contribution in [2.24, 2.45) is 5.92 Å². The highest BCUT2D eigenvalue weighted by atomic mass is 16.2. The molecule has 0 radical (unpaired) electrons. The summed E-state index contributed by atoms with van der Waals surface area (Å²) in [6.45, 7) is 5.92. The van der Waals surface area contributed by atoms with Crippen molar-refractivity contribution < 1.29 is 9.59 Å². The van der Waals surface area contributed by atoms with Crippen LogP contribution in [0, 0.1) is 19.8 Å². The van der Waals surface area contributed by atoms with E-state index < -0.39 is 0 Å². The molecule has 1 heterocycles. The van der Waals surface area contributed by atoms with Crippen LogP contribution in [0.5, 0.6) is 0 Å². The van der Waals surface area contributed by atoms with E-state index in [4.69, 9.17) is 0 Å². The fraction of sp³-hybridized carbons (Fsp3) is 0.417. The Labute approximate surface area is 167 Å². The van der Waals surface area contributed by atoms with Crippen molar-refractivity contribution in [1.82, 2.24) is 10.2 Å². The molecule has 3 rings (SSSR count). The maximum absolute atomic E-state index is 12.9. The smallest absolute Gasteiger partial charge is 0.253 e. The number of carbonyl (C=O) groups is 2. The molecule has 1 fully saturated rings. The molecule has 4 nitrogen and oxygen atoms in total. The molecule has 0 aliphatic carbocycles. The van der Waals surface area contributed by atoms with Crippen molar-refractivity contribution in [2.75, 3.05) is 19.6 Å². The number of benzene rings is 2. The third-order valence-electron chi connectivity index (χ3n) is 5.33. The number of aryl methyl sites for hydroxylation is 3. The predicted molar refractivity (Wildman–Crippen MR) is 112 cm³/mol. The van der Waals surface area contributed by atoms with Crippen LogP contribution >= 0.6 is 0 Å². The van der Waals surface area contributed by atoms with Gasteiger partial charge in [-0.2, -0.15) is 0 Å². The third kappa shape index (κ3) is 5.44. The van der Waals surface area contributed by atoms with Gasteiger partial charge in [0.05, 0.1) is 5.92 Å². The van der Waals surface area contributed by atoms with Crippen LogP contribution < -0.4 is 5.32 Å². The van der Waals surface area contributed by atoms with Crippen LogP contribution in [-0.4, -0.2) is 36.3 Å². The van der Waals surface area contributed by atoms with Gasteiger partial charge in [0.25, 0.3) is 5.91 Å². The lowest BCUT2D eigenvalue weighted by Crippen LogP contribution is -2.45. The van der Waals surface area contributed by atoms with Gasteiger partial charge in [0.15, 0.2) is 0 Å². The van der Waals surface area contributed by atoms with Crippen LogP contribution in [0.3, 0.4) is 0 Å². The highest BCUT2D eigenvalue weighted by molar-refractivity contribution is 5.95. The first-order valence-electron chi connectivity index (χ1n) is 10.2. The number of nitrogens with zero attached hydrogens (tertiary/aromatic N) is 1. The van der Waals surface area contributed by atoms with Crippen LogP contribution in [-0.2, 0) is 11.2 Å². The second kappa shape index (κ2) is 9.54. The molecule has 2 aromatic rings. The minimum Gasteiger partial charge on any atom is -0.356 e. The van der Waals surface area contributed by atoms with Crippen LogP contribution in [0.2, 0.25) is 0 Å². The number of hydrogen-bond donors (Lipinski definition) is 1. The quantitative estimate of drug-likeness (QED) is 0.775. The molecule has 2 aromatic carbocycles. The molecule has 0 unspecified atom stereocenters. The number of carbonyl (C=O) groups excluding carboxylic acids is 2. The number of nitrogens with one attached hydrogen (secondary N) is 1. The SMILES string of the molecule is Cc1cc(C)cc(C(=O)N2CCC[C@@H](C(=O)NCCCc3ccccc3)C2)c1. The summed E-state index contributed by atoms with van der Waals surface area (Å²) in [6, 6.07) is 16.2. The molecule has 1 atom stereocenters. The Morgan fingerprint density at radius 3 is 2.50 bits per heavy atom. The lowest BCUT2D eigenvalue weighted by atomic mass is 9.96. The Bertz CT molecular complexity index is 796. The van der Waals surface area contributed by atoms with E-state index in [1.54, 1.807) is 0 Å². The molecule has 1 N–H and O–H groups in total. The largest absolute Gasteiger partial charge is 0.356 e. The minimum atomic E-state index is -0.111. The highest BCUT2D eigenvalue weighted by Gasteiger charge is 2.28. The van der Waals surface area contributed by atoms with E-state index in [-0.39, 0.29) is 17.7 Å². The van der Waals surface area contributed by atoms with E-state index in [0.29, 0.717) is 13.1 Å². The molecule has 2 amide bonds. The highest BCUT2D eigenvalue weighted by Crippen LogP contribution is 2.20. The fourth-order valence-corrected chi connectivity index (χ4v) is 3.95. The van der Waals surface area contributed by atoms with E-state index in [1.165, 1.54) is 5.56 Å². The van der Waals surface area contributed by atoms with E-state index in [0.717, 1.165) is 48.9 Å². The second-order valence-corrected chi connectivity index (χ2v) is 7.85. The van der Waals surface area contributed by atoms with E-state index in [1.807, 2.05) is 49.1 Å². The van der Waals surface area contributed by atoms with Gasteiger partial charge in [-0.05, 0) is 57.2 Å². The molecule has 1 saturated heterocycles. The standard InChI is InChI=1S/C24H30N2O2/c1-18-14-19(2)16-22(15-18)24(28)26-13-7-11-21(17-26)23(27)25-12-6-10-20-8-4-3-5-9-20/h3-5,8-9,14-16,21H,6-7,10-13,17H2,1-2H3,(H,25,27)/t21-/m1/s1. The Morgan fingerprint density at radius 1 is 1.07 bits per heavy atom. The van der Waals surface area contributed by atoms with Crippen molar-refractivity contribution in [3.8, 4) is 0 Å². The molecule has 148 valence electrons. The summed E-state index contributed by atoms with van der Waals surface area (Å²) in [5.74, 6) is -0.000284. The summed E-state index contributed by atoms with van der Waals surface area (Å²) in [5, 5.41) is 3.06. The Balaban J connectivity index is 1.49. The van der Waals surface area contributed by atoms with Crippen molar-refractivity contribution in [3.05, 3.63) is 70.8 Å². The van der Waals surface area contributed by atoms with Gasteiger partial charge in [-0.1, -0.05) is 47.5 Å². The van der Waals surface area contributed by atoms with Crippen molar-refractivity contribution in [3.63, 3.8) is 0 Å². The molecule has 0 bridgehead atoms. The molecule has 1 aliphatic heterocycles. The van der Waals surface area contributed by atoms with Gasteiger partial charge in [0.1, 0.15) is 0 Å². The van der Waals surface area contributed by atoms with Gasteiger partial charge in [-0.25, -0.2) is 0 Å². The average Bonchev–Trinajstić information content (AvgIpc) is 2.70. The van der Waals surface area contributed by atoms with Gasteiger partial charge in [-0.15, -0.1) is 0 Å². The zero-order valence-corrected chi connectivity index (χ0v) is 16.9. The zero-order valence-electron chi connectivity index (χ0n) is 16.9. The predicted octanol–water partition coefficient (Wildman–Crippen LogP) is 3.90. The minimum absolute atomic E-state index is 0.0355. The number of hydrogen-bond acceptors (Lipinski definition) is 2. The molecule has 0 saturated carbocycles. The monoisotopic (exact) mass is 378 g/mol. The fourth-order valence-electron chi connectivity index (χ4n) is 3.95. The molecule has 28 heavy (non-hydrogen) atoms. The lowest BCUT2D eigenvalue weighted by Gasteiger charge is -2.32. The maximum Gasteiger partial charge on any atom is 0.253 e. The molecular weight excluding hydrogens is 348 g/mol. The number of amides is 2. The number of rotatable bonds is 6. The van der Waals surface area contributed by atoms with Crippen molar-refractivity contribution in [2.45, 2.75) is 39.5 Å². The molecular formula is C24H30N2O2. The first-order valence-corrected chi connectivity index (χ1v) is 10.2. The molecule has 1 aliphatic rings. The third-order valence-corrected chi connectivity index (χ3v) is 5.33. The van der Waals surface area contributed by atoms with E-state index >= 15 is 0 Å². The van der Waals surface area contributed by atoms with Crippen molar-refractivity contribution in [1.29, 1.82) is 0 Å². The van der Waals surface area contributed by atoms with E-state index in [9.17, 15) is 9.59 Å². The average molecular weight is 379 g/mol. The van der Waals surface area contributed by atoms with Crippen LogP contribution in [0.1, 0.15) is 46.3 Å². The number of likely N-dealkylation sites (tertiary alicyclic amines) is 1. The summed E-state index contributed by atoms with van der Waals surface area (Å²) in [7, 11) is 0. The zero-order chi connectivity index (χ0) is 19.9. The first kappa shape index (κ1) is 20.1. The molecule has 4 heteroatoms. The first-order chi connectivity index (χ1) is 13.5. The summed E-state index contributed by atoms with van der Waals surface area (Å²) >= 11 is 0. The Kier molecular flexibility index (Phi) is 6.85. The van der Waals surface area contributed by atoms with Gasteiger partial charge in [0.2, 0.25) is 5.91 Å². The Morgan fingerprint density at radius 2 is 1.79 bits per heavy atom. The van der Waals surface area contributed by atoms with Crippen LogP contribution in [0.4, 0.5) is 0 Å². The number of piperidine rings is 1. The maximum atomic E-state index is 12.9. The van der Waals surface area contributed by atoms with Gasteiger partial charge >= 0.3 is 0 Å². The summed E-state index contributed by atoms with van der Waals surface area (Å²) in [4.78, 5) is 27.3. The summed E-state index contributed by atoms with van der Waals surface area (Å²) in [6.07, 6.45) is 3.61. The summed E-state index contributed by atoms with van der Waals surface area (Å²) < 4.78 is 0. The van der Waals surface area contributed by atoms with Crippen LogP contribution in [0.15, 0.2) is 48.5 Å². The van der Waals surface area contributed by atoms with Crippen LogP contribution in [0.25, 0.3) is 0 Å². The molecule has 0 aromatic heterocycles. The van der Waals surface area contributed by atoms with Gasteiger partial charge < -0.3 is 10.2 Å².